The molecule has 4 nitrogen and oxygen atoms in total. The summed E-state index contributed by atoms with van der Waals surface area (Å²) >= 11 is 4.09. The molecule has 0 saturated carbocycles. The maximum atomic E-state index is 5.50. The molecule has 0 aliphatic carbocycles. The fourth-order valence-corrected chi connectivity index (χ4v) is 1.02. The summed E-state index contributed by atoms with van der Waals surface area (Å²) in [6.45, 7) is 5.40. The molecule has 0 saturated heterocycles. The number of aromatic nitrogens is 2. The molecule has 1 aromatic rings. The van der Waals surface area contributed by atoms with Gasteiger partial charge in [-0.05, 0) is 13.0 Å². The smallest absolute Gasteiger partial charge is 0.212 e. The lowest BCUT2D eigenvalue weighted by Crippen LogP contribution is -1.91. The second kappa shape index (κ2) is 3.44. The molecule has 0 atom stereocenters. The van der Waals surface area contributed by atoms with Gasteiger partial charge in [-0.2, -0.15) is 0 Å². The van der Waals surface area contributed by atoms with E-state index >= 15 is 0 Å². The highest BCUT2D eigenvalue weighted by Gasteiger charge is 2.08. The van der Waals surface area contributed by atoms with E-state index in [1.54, 1.807) is 12.3 Å². The summed E-state index contributed by atoms with van der Waals surface area (Å²) in [5.74, 6) is 0.919. The number of aliphatic imine (C=N–C) groups is 1. The third-order valence-corrected chi connectivity index (χ3v) is 1.72. The van der Waals surface area contributed by atoms with Gasteiger partial charge in [0.05, 0.1) is 0 Å². The highest BCUT2D eigenvalue weighted by molar-refractivity contribution is 7.78. The van der Waals surface area contributed by atoms with E-state index in [-0.39, 0.29) is 0 Å². The predicted octanol–water partition coefficient (Wildman–Crippen LogP) is 1.52. The van der Waals surface area contributed by atoms with Gasteiger partial charge in [0.1, 0.15) is 5.69 Å². The maximum Gasteiger partial charge on any atom is 0.212 e. The Balaban J connectivity index is 3.30. The average molecular weight is 182 g/mol. The molecule has 0 spiro atoms. The number of rotatable bonds is 2. The van der Waals surface area contributed by atoms with Crippen LogP contribution in [0.5, 0.6) is 0 Å². The van der Waals surface area contributed by atoms with Crippen LogP contribution in [-0.2, 0) is 0 Å². The van der Waals surface area contributed by atoms with Crippen molar-refractivity contribution in [3.8, 4) is 0 Å². The number of hydrogen-bond acceptors (Lipinski definition) is 4. The summed E-state index contributed by atoms with van der Waals surface area (Å²) in [6, 6.07) is 0. The van der Waals surface area contributed by atoms with Crippen molar-refractivity contribution in [2.45, 2.75) is 6.92 Å². The van der Waals surface area contributed by atoms with Gasteiger partial charge in [0.2, 0.25) is 5.95 Å². The summed E-state index contributed by atoms with van der Waals surface area (Å²) in [6.07, 6.45) is 3.24. The molecule has 0 fully saturated rings. The molecule has 1 heterocycles. The number of nitrogens with two attached hydrogens (primary N) is 1. The van der Waals surface area contributed by atoms with Crippen molar-refractivity contribution < 1.29 is 0 Å². The zero-order valence-corrected chi connectivity index (χ0v) is 7.62. The Bertz CT molecular complexity index is 326. The van der Waals surface area contributed by atoms with Crippen LogP contribution in [0.3, 0.4) is 0 Å². The minimum Gasteiger partial charge on any atom is -0.368 e. The molecule has 0 aliphatic heterocycles. The first-order valence-corrected chi connectivity index (χ1v) is 3.79. The zero-order valence-electron chi connectivity index (χ0n) is 6.73. The van der Waals surface area contributed by atoms with Gasteiger partial charge >= 0.3 is 0 Å². The highest BCUT2D eigenvalue weighted by atomic mass is 32.1. The summed E-state index contributed by atoms with van der Waals surface area (Å²) in [5, 5.41) is 0. The zero-order chi connectivity index (χ0) is 9.14. The van der Waals surface area contributed by atoms with Gasteiger partial charge in [-0.15, -0.1) is 0 Å². The molecule has 0 bridgehead atoms. The monoisotopic (exact) mass is 182 g/mol. The molecule has 0 aromatic carbocycles. The Labute approximate surface area is 76.4 Å². The average Bonchev–Trinajstić information content (AvgIpc) is 2.33. The second-order valence-electron chi connectivity index (χ2n) is 2.08. The Hall–Kier alpha value is -1.23. The fourth-order valence-electron chi connectivity index (χ4n) is 0.818. The third-order valence-electron chi connectivity index (χ3n) is 1.33. The van der Waals surface area contributed by atoms with Gasteiger partial charge in [-0.25, -0.2) is 13.9 Å². The van der Waals surface area contributed by atoms with Crippen LogP contribution in [0.1, 0.15) is 12.6 Å². The number of hydrogen-bond donors (Lipinski definition) is 2. The lowest BCUT2D eigenvalue weighted by Gasteiger charge is -1.94. The van der Waals surface area contributed by atoms with Crippen molar-refractivity contribution in [1.82, 2.24) is 8.96 Å². The fraction of sp³-hybridized carbons (Fsp3) is 0.143. The first-order chi connectivity index (χ1) is 5.70. The lowest BCUT2D eigenvalue weighted by atomic mass is 10.4. The minimum atomic E-state index is 0.314. The van der Waals surface area contributed by atoms with Crippen molar-refractivity contribution in [1.29, 1.82) is 0 Å². The van der Waals surface area contributed by atoms with Crippen molar-refractivity contribution in [2.75, 3.05) is 5.73 Å². The highest BCUT2D eigenvalue weighted by Crippen LogP contribution is 2.24. The van der Waals surface area contributed by atoms with Crippen LogP contribution in [0.25, 0.3) is 6.08 Å². The van der Waals surface area contributed by atoms with Crippen LogP contribution in [0.15, 0.2) is 11.6 Å². The third kappa shape index (κ3) is 1.35. The normalized spacial score (nSPS) is 10.8. The first-order valence-electron chi connectivity index (χ1n) is 3.39. The van der Waals surface area contributed by atoms with Gasteiger partial charge in [0, 0.05) is 6.21 Å². The predicted molar refractivity (Wildman–Crippen MR) is 54.9 cm³/mol. The summed E-state index contributed by atoms with van der Waals surface area (Å²) < 4.78 is 1.41. The number of nitrogen functional groups attached to an aromatic ring is 1. The quantitative estimate of drug-likeness (QED) is 0.538. The van der Waals surface area contributed by atoms with E-state index in [0.717, 1.165) is 0 Å². The van der Waals surface area contributed by atoms with E-state index in [1.807, 2.05) is 6.92 Å². The molecule has 2 N–H and O–H groups in total. The van der Waals surface area contributed by atoms with E-state index in [0.29, 0.717) is 17.5 Å². The number of anilines is 1. The van der Waals surface area contributed by atoms with Crippen molar-refractivity contribution in [2.24, 2.45) is 4.99 Å². The number of imidazole rings is 1. The van der Waals surface area contributed by atoms with E-state index in [1.165, 1.54) is 3.97 Å². The van der Waals surface area contributed by atoms with Crippen LogP contribution in [0.4, 0.5) is 11.8 Å². The van der Waals surface area contributed by atoms with E-state index in [4.69, 9.17) is 5.73 Å². The standard InChI is InChI=1S/C7H10N4S/c1-3-5-6(9-4-2)11(12)7(8)10-5/h3-4,12H,1H2,2H3,(H2,8,10). The van der Waals surface area contributed by atoms with E-state index in [2.05, 4.69) is 29.4 Å². The van der Waals surface area contributed by atoms with Crippen molar-refractivity contribution >= 4 is 36.9 Å². The molecule has 0 unspecified atom stereocenters. The molecule has 64 valence electrons. The van der Waals surface area contributed by atoms with E-state index in [9.17, 15) is 0 Å². The van der Waals surface area contributed by atoms with Crippen LogP contribution in [-0.4, -0.2) is 15.2 Å². The van der Waals surface area contributed by atoms with Gasteiger partial charge in [-0.3, -0.25) is 0 Å². The Kier molecular flexibility index (Phi) is 2.54. The van der Waals surface area contributed by atoms with Crippen LogP contribution < -0.4 is 5.73 Å². The Morgan fingerprint density at radius 2 is 2.42 bits per heavy atom. The molecule has 1 aromatic heterocycles. The molecule has 0 amide bonds. The number of thiol groups is 1. The Morgan fingerprint density at radius 1 is 1.75 bits per heavy atom. The van der Waals surface area contributed by atoms with Crippen LogP contribution >= 0.6 is 12.8 Å². The molecular weight excluding hydrogens is 172 g/mol. The summed E-state index contributed by atoms with van der Waals surface area (Å²) in [5.41, 5.74) is 6.14. The molecule has 12 heavy (non-hydrogen) atoms. The summed E-state index contributed by atoms with van der Waals surface area (Å²) in [7, 11) is 0. The van der Waals surface area contributed by atoms with Crippen molar-refractivity contribution in [3.05, 3.63) is 12.3 Å². The number of nitrogens with zero attached hydrogens (tertiary/aromatic N) is 3. The molecule has 5 heteroatoms. The SMILES string of the molecule is C=Cc1nc(N)n(S)c1N=CC. The van der Waals surface area contributed by atoms with Gasteiger partial charge in [-0.1, -0.05) is 19.4 Å². The van der Waals surface area contributed by atoms with Gasteiger partial charge in [0.25, 0.3) is 0 Å². The lowest BCUT2D eigenvalue weighted by molar-refractivity contribution is 1.24. The summed E-state index contributed by atoms with van der Waals surface area (Å²) in [4.78, 5) is 8.03. The molecule has 1 rings (SSSR count). The second-order valence-corrected chi connectivity index (χ2v) is 2.48. The largest absolute Gasteiger partial charge is 0.368 e. The first kappa shape index (κ1) is 8.86. The van der Waals surface area contributed by atoms with Crippen LogP contribution in [0.2, 0.25) is 0 Å². The molecule has 0 aliphatic rings. The van der Waals surface area contributed by atoms with Crippen LogP contribution in [0, 0.1) is 0 Å². The minimum absolute atomic E-state index is 0.314. The molecule has 0 radical (unpaired) electrons. The topological polar surface area (TPSA) is 56.2 Å². The van der Waals surface area contributed by atoms with Gasteiger partial charge < -0.3 is 5.73 Å². The van der Waals surface area contributed by atoms with E-state index < -0.39 is 0 Å². The van der Waals surface area contributed by atoms with Crippen molar-refractivity contribution in [3.63, 3.8) is 0 Å². The Morgan fingerprint density at radius 3 is 2.92 bits per heavy atom. The maximum absolute atomic E-state index is 5.50. The van der Waals surface area contributed by atoms with Gasteiger partial charge in [0.15, 0.2) is 5.82 Å². The molecular formula is C7H10N4S.